The van der Waals surface area contributed by atoms with Crippen molar-refractivity contribution in [3.63, 3.8) is 0 Å². The lowest BCUT2D eigenvalue weighted by atomic mass is 10.2. The minimum atomic E-state index is -0.225. The van der Waals surface area contributed by atoms with Crippen LogP contribution in [0.15, 0.2) is 23.1 Å². The molecule has 16 heavy (non-hydrogen) atoms. The van der Waals surface area contributed by atoms with Crippen LogP contribution in [0.25, 0.3) is 0 Å². The monoisotopic (exact) mass is 241 g/mol. The number of nitrogens with two attached hydrogens (primary N) is 1. The van der Waals surface area contributed by atoms with Crippen LogP contribution in [0.5, 0.6) is 0 Å². The molecule has 1 aromatic carbocycles. The highest BCUT2D eigenvalue weighted by molar-refractivity contribution is 7.99. The van der Waals surface area contributed by atoms with E-state index in [1.807, 2.05) is 0 Å². The van der Waals surface area contributed by atoms with Gasteiger partial charge in [0, 0.05) is 22.9 Å². The molecule has 1 heterocycles. The summed E-state index contributed by atoms with van der Waals surface area (Å²) in [5.74, 6) is 0.670. The molecular weight excluding hydrogens is 225 g/mol. The molecule has 1 unspecified atom stereocenters. The number of anilines is 1. The first-order chi connectivity index (χ1) is 7.75. The molecule has 88 valence electrons. The summed E-state index contributed by atoms with van der Waals surface area (Å²) in [5.41, 5.74) is 5.96. The van der Waals surface area contributed by atoms with Crippen LogP contribution in [-0.2, 0) is 4.74 Å². The third-order valence-electron chi connectivity index (χ3n) is 2.68. The van der Waals surface area contributed by atoms with E-state index in [1.165, 1.54) is 17.8 Å². The van der Waals surface area contributed by atoms with Crippen LogP contribution < -0.4 is 5.73 Å². The van der Waals surface area contributed by atoms with Gasteiger partial charge in [-0.3, -0.25) is 0 Å². The first-order valence-corrected chi connectivity index (χ1v) is 6.53. The zero-order valence-electron chi connectivity index (χ0n) is 9.12. The van der Waals surface area contributed by atoms with Gasteiger partial charge in [-0.2, -0.15) is 0 Å². The lowest BCUT2D eigenvalue weighted by Gasteiger charge is -2.09. The van der Waals surface area contributed by atoms with Crippen molar-refractivity contribution in [3.8, 4) is 0 Å². The molecule has 1 saturated heterocycles. The van der Waals surface area contributed by atoms with Crippen LogP contribution >= 0.6 is 11.8 Å². The molecule has 0 spiro atoms. The Hall–Kier alpha value is -0.740. The van der Waals surface area contributed by atoms with Crippen molar-refractivity contribution in [3.05, 3.63) is 24.0 Å². The second-order valence-corrected chi connectivity index (χ2v) is 5.10. The van der Waals surface area contributed by atoms with Gasteiger partial charge in [0.1, 0.15) is 5.82 Å². The molecule has 0 amide bonds. The summed E-state index contributed by atoms with van der Waals surface area (Å²) in [6.45, 7) is 0.881. The summed E-state index contributed by atoms with van der Waals surface area (Å²) < 4.78 is 18.9. The second-order valence-electron chi connectivity index (χ2n) is 3.96. The molecule has 2 nitrogen and oxygen atoms in total. The van der Waals surface area contributed by atoms with E-state index in [0.717, 1.165) is 31.6 Å². The highest BCUT2D eigenvalue weighted by Gasteiger charge is 2.15. The van der Waals surface area contributed by atoms with Crippen LogP contribution in [-0.4, -0.2) is 18.5 Å². The third-order valence-corrected chi connectivity index (χ3v) is 3.76. The summed E-state index contributed by atoms with van der Waals surface area (Å²) >= 11 is 1.53. The minimum absolute atomic E-state index is 0.225. The van der Waals surface area contributed by atoms with E-state index in [0.29, 0.717) is 16.7 Å². The van der Waals surface area contributed by atoms with Gasteiger partial charge in [0.25, 0.3) is 0 Å². The van der Waals surface area contributed by atoms with E-state index in [-0.39, 0.29) is 5.82 Å². The SMILES string of the molecule is Nc1ccc(SCCC2CCCO2)c(F)c1. The smallest absolute Gasteiger partial charge is 0.138 e. The lowest BCUT2D eigenvalue weighted by molar-refractivity contribution is 0.109. The van der Waals surface area contributed by atoms with Crippen molar-refractivity contribution in [1.82, 2.24) is 0 Å². The number of halogens is 1. The Morgan fingerprint density at radius 1 is 1.50 bits per heavy atom. The topological polar surface area (TPSA) is 35.2 Å². The van der Waals surface area contributed by atoms with Crippen LogP contribution in [0.4, 0.5) is 10.1 Å². The van der Waals surface area contributed by atoms with Crippen molar-refractivity contribution >= 4 is 17.4 Å². The van der Waals surface area contributed by atoms with Crippen LogP contribution in [0, 0.1) is 5.82 Å². The average molecular weight is 241 g/mol. The number of benzene rings is 1. The quantitative estimate of drug-likeness (QED) is 0.650. The fourth-order valence-electron chi connectivity index (χ4n) is 1.81. The largest absolute Gasteiger partial charge is 0.399 e. The first kappa shape index (κ1) is 11.7. The fourth-order valence-corrected chi connectivity index (χ4v) is 2.77. The molecule has 0 radical (unpaired) electrons. The molecule has 1 atom stereocenters. The molecule has 2 N–H and O–H groups in total. The number of hydrogen-bond acceptors (Lipinski definition) is 3. The summed E-state index contributed by atoms with van der Waals surface area (Å²) in [6.07, 6.45) is 3.68. The van der Waals surface area contributed by atoms with E-state index in [4.69, 9.17) is 10.5 Å². The highest BCUT2D eigenvalue weighted by Crippen LogP contribution is 2.26. The maximum Gasteiger partial charge on any atom is 0.138 e. The molecule has 1 fully saturated rings. The molecule has 0 aromatic heterocycles. The van der Waals surface area contributed by atoms with Gasteiger partial charge in [0.05, 0.1) is 6.10 Å². The minimum Gasteiger partial charge on any atom is -0.399 e. The van der Waals surface area contributed by atoms with E-state index < -0.39 is 0 Å². The maximum absolute atomic E-state index is 13.4. The summed E-state index contributed by atoms with van der Waals surface area (Å²) in [4.78, 5) is 0.673. The normalized spacial score (nSPS) is 20.2. The van der Waals surface area contributed by atoms with Gasteiger partial charge >= 0.3 is 0 Å². The van der Waals surface area contributed by atoms with Gasteiger partial charge in [0.15, 0.2) is 0 Å². The van der Waals surface area contributed by atoms with Crippen molar-refractivity contribution in [2.75, 3.05) is 18.1 Å². The first-order valence-electron chi connectivity index (χ1n) is 5.55. The van der Waals surface area contributed by atoms with E-state index >= 15 is 0 Å². The van der Waals surface area contributed by atoms with Crippen molar-refractivity contribution < 1.29 is 9.13 Å². The number of nitrogen functional groups attached to an aromatic ring is 1. The van der Waals surface area contributed by atoms with Gasteiger partial charge in [-0.15, -0.1) is 11.8 Å². The van der Waals surface area contributed by atoms with Crippen LogP contribution in [0.2, 0.25) is 0 Å². The Morgan fingerprint density at radius 3 is 3.06 bits per heavy atom. The molecule has 0 saturated carbocycles. The molecular formula is C12H16FNOS. The Balaban J connectivity index is 1.80. The van der Waals surface area contributed by atoms with Gasteiger partial charge in [-0.1, -0.05) is 0 Å². The number of hydrogen-bond donors (Lipinski definition) is 1. The fraction of sp³-hybridized carbons (Fsp3) is 0.500. The summed E-state index contributed by atoms with van der Waals surface area (Å²) in [5, 5.41) is 0. The molecule has 0 aliphatic carbocycles. The van der Waals surface area contributed by atoms with Gasteiger partial charge < -0.3 is 10.5 Å². The Kier molecular flexibility index (Phi) is 4.07. The predicted octanol–water partition coefficient (Wildman–Crippen LogP) is 3.07. The van der Waals surface area contributed by atoms with Crippen molar-refractivity contribution in [2.45, 2.75) is 30.3 Å². The van der Waals surface area contributed by atoms with Crippen LogP contribution in [0.3, 0.4) is 0 Å². The standard InChI is InChI=1S/C12H16FNOS/c13-11-8-9(14)3-4-12(11)16-7-5-10-2-1-6-15-10/h3-4,8,10H,1-2,5-7,14H2. The van der Waals surface area contributed by atoms with Crippen LogP contribution in [0.1, 0.15) is 19.3 Å². The van der Waals surface area contributed by atoms with E-state index in [9.17, 15) is 4.39 Å². The molecule has 1 aliphatic heterocycles. The predicted molar refractivity (Wildman–Crippen MR) is 65.1 cm³/mol. The van der Waals surface area contributed by atoms with Gasteiger partial charge in [0.2, 0.25) is 0 Å². The third kappa shape index (κ3) is 3.12. The van der Waals surface area contributed by atoms with E-state index in [2.05, 4.69) is 0 Å². The zero-order chi connectivity index (χ0) is 11.4. The Bertz CT molecular complexity index is 353. The highest BCUT2D eigenvalue weighted by atomic mass is 32.2. The zero-order valence-corrected chi connectivity index (χ0v) is 9.93. The molecule has 1 aliphatic rings. The Morgan fingerprint density at radius 2 is 2.38 bits per heavy atom. The molecule has 1 aromatic rings. The molecule has 2 rings (SSSR count). The van der Waals surface area contributed by atoms with E-state index in [1.54, 1.807) is 12.1 Å². The maximum atomic E-state index is 13.4. The summed E-state index contributed by atoms with van der Waals surface area (Å²) in [7, 11) is 0. The molecule has 0 bridgehead atoms. The van der Waals surface area contributed by atoms with Gasteiger partial charge in [-0.05, 0) is 37.5 Å². The number of ether oxygens (including phenoxy) is 1. The summed E-state index contributed by atoms with van der Waals surface area (Å²) in [6, 6.07) is 4.84. The van der Waals surface area contributed by atoms with Crippen molar-refractivity contribution in [1.29, 1.82) is 0 Å². The van der Waals surface area contributed by atoms with Crippen molar-refractivity contribution in [2.24, 2.45) is 0 Å². The Labute approximate surface area is 99.4 Å². The number of thioether (sulfide) groups is 1. The second kappa shape index (κ2) is 5.55. The average Bonchev–Trinajstić information content (AvgIpc) is 2.74. The lowest BCUT2D eigenvalue weighted by Crippen LogP contribution is -2.05. The number of rotatable bonds is 4. The molecule has 4 heteroatoms. The van der Waals surface area contributed by atoms with Gasteiger partial charge in [-0.25, -0.2) is 4.39 Å².